The van der Waals surface area contributed by atoms with Crippen molar-refractivity contribution in [3.63, 3.8) is 0 Å². The Hall–Kier alpha value is -1.24. The number of allylic oxidation sites excluding steroid dienone is 6. The Morgan fingerprint density at radius 3 is 2.67 bits per heavy atom. The predicted molar refractivity (Wildman–Crippen MR) is 69.7 cm³/mol. The quantitative estimate of drug-likeness (QED) is 0.467. The first-order valence-electron chi connectivity index (χ1n) is 5.53. The largest absolute Gasteiger partial charge is 0.387 e. The van der Waals surface area contributed by atoms with E-state index in [1.54, 1.807) is 6.08 Å². The zero-order chi connectivity index (χ0) is 11.5. The molecule has 0 fully saturated rings. The summed E-state index contributed by atoms with van der Waals surface area (Å²) in [7, 11) is 0. The molecular formula is C14H23N. The SMILES string of the molecule is C=C/C=C\C=C/CCCC(C)NC(=C)C. The first-order chi connectivity index (χ1) is 7.16. The second-order valence-electron chi connectivity index (χ2n) is 3.81. The Morgan fingerprint density at radius 2 is 2.07 bits per heavy atom. The molecule has 0 saturated carbocycles. The minimum atomic E-state index is 0.527. The fraction of sp³-hybridized carbons (Fsp3) is 0.429. The van der Waals surface area contributed by atoms with Crippen LogP contribution in [0.15, 0.2) is 49.2 Å². The summed E-state index contributed by atoms with van der Waals surface area (Å²) < 4.78 is 0. The summed E-state index contributed by atoms with van der Waals surface area (Å²) in [5, 5.41) is 3.31. The van der Waals surface area contributed by atoms with Gasteiger partial charge in [-0.25, -0.2) is 0 Å². The van der Waals surface area contributed by atoms with E-state index in [0.29, 0.717) is 6.04 Å². The van der Waals surface area contributed by atoms with Gasteiger partial charge in [-0.2, -0.15) is 0 Å². The summed E-state index contributed by atoms with van der Waals surface area (Å²) in [4.78, 5) is 0. The Kier molecular flexibility index (Phi) is 8.55. The van der Waals surface area contributed by atoms with Crippen molar-refractivity contribution in [3.05, 3.63) is 49.2 Å². The molecule has 1 heteroatoms. The molecule has 0 aromatic heterocycles. The van der Waals surface area contributed by atoms with Crippen molar-refractivity contribution in [2.24, 2.45) is 0 Å². The maximum atomic E-state index is 3.83. The average Bonchev–Trinajstić information content (AvgIpc) is 2.15. The van der Waals surface area contributed by atoms with Crippen molar-refractivity contribution in [2.75, 3.05) is 0 Å². The van der Waals surface area contributed by atoms with Crippen LogP contribution in [0.5, 0.6) is 0 Å². The highest BCUT2D eigenvalue weighted by atomic mass is 14.9. The number of rotatable bonds is 8. The van der Waals surface area contributed by atoms with Gasteiger partial charge < -0.3 is 5.32 Å². The third-order valence-corrected chi connectivity index (χ3v) is 2.00. The molecule has 0 bridgehead atoms. The van der Waals surface area contributed by atoms with E-state index in [-0.39, 0.29) is 0 Å². The van der Waals surface area contributed by atoms with Crippen molar-refractivity contribution in [1.82, 2.24) is 5.32 Å². The van der Waals surface area contributed by atoms with Crippen LogP contribution in [-0.4, -0.2) is 6.04 Å². The molecule has 0 saturated heterocycles. The van der Waals surface area contributed by atoms with E-state index in [0.717, 1.165) is 12.1 Å². The molecule has 0 aromatic rings. The molecule has 0 radical (unpaired) electrons. The van der Waals surface area contributed by atoms with Crippen LogP contribution in [0, 0.1) is 0 Å². The van der Waals surface area contributed by atoms with Crippen molar-refractivity contribution < 1.29 is 0 Å². The van der Waals surface area contributed by atoms with Crippen molar-refractivity contribution in [3.8, 4) is 0 Å². The molecule has 0 spiro atoms. The van der Waals surface area contributed by atoms with Crippen LogP contribution in [0.4, 0.5) is 0 Å². The zero-order valence-electron chi connectivity index (χ0n) is 10.00. The van der Waals surface area contributed by atoms with Gasteiger partial charge in [0.25, 0.3) is 0 Å². The number of nitrogens with one attached hydrogen (secondary N) is 1. The lowest BCUT2D eigenvalue weighted by Crippen LogP contribution is -2.23. The molecule has 15 heavy (non-hydrogen) atoms. The van der Waals surface area contributed by atoms with Crippen molar-refractivity contribution in [2.45, 2.75) is 39.2 Å². The zero-order valence-corrected chi connectivity index (χ0v) is 10.00. The molecule has 1 nitrogen and oxygen atoms in total. The first kappa shape index (κ1) is 13.8. The Labute approximate surface area is 94.3 Å². The molecule has 0 aromatic carbocycles. The van der Waals surface area contributed by atoms with Gasteiger partial charge in [0.2, 0.25) is 0 Å². The van der Waals surface area contributed by atoms with Gasteiger partial charge in [0, 0.05) is 11.7 Å². The Balaban J connectivity index is 3.45. The Morgan fingerprint density at radius 1 is 1.33 bits per heavy atom. The second-order valence-corrected chi connectivity index (χ2v) is 3.81. The van der Waals surface area contributed by atoms with Gasteiger partial charge in [0.15, 0.2) is 0 Å². The van der Waals surface area contributed by atoms with Crippen LogP contribution in [0.1, 0.15) is 33.1 Å². The van der Waals surface area contributed by atoms with Crippen LogP contribution in [0.3, 0.4) is 0 Å². The maximum Gasteiger partial charge on any atom is 0.0229 e. The lowest BCUT2D eigenvalue weighted by Gasteiger charge is -2.13. The highest BCUT2D eigenvalue weighted by Gasteiger charge is 1.98. The molecule has 1 unspecified atom stereocenters. The van der Waals surface area contributed by atoms with Crippen LogP contribution in [-0.2, 0) is 0 Å². The summed E-state index contributed by atoms with van der Waals surface area (Å²) in [5.74, 6) is 0. The number of hydrogen-bond donors (Lipinski definition) is 1. The second kappa shape index (κ2) is 9.32. The minimum absolute atomic E-state index is 0.527. The first-order valence-corrected chi connectivity index (χ1v) is 5.53. The highest BCUT2D eigenvalue weighted by molar-refractivity contribution is 5.08. The molecule has 0 aliphatic heterocycles. The fourth-order valence-corrected chi connectivity index (χ4v) is 1.35. The summed E-state index contributed by atoms with van der Waals surface area (Å²) in [6, 6.07) is 0.527. The van der Waals surface area contributed by atoms with Gasteiger partial charge in [0.1, 0.15) is 0 Å². The van der Waals surface area contributed by atoms with E-state index in [2.05, 4.69) is 37.6 Å². The third-order valence-electron chi connectivity index (χ3n) is 2.00. The molecule has 0 aliphatic carbocycles. The van der Waals surface area contributed by atoms with Gasteiger partial charge in [-0.15, -0.1) is 0 Å². The smallest absolute Gasteiger partial charge is 0.0229 e. The van der Waals surface area contributed by atoms with Gasteiger partial charge in [0.05, 0.1) is 0 Å². The number of unbranched alkanes of at least 4 members (excludes halogenated alkanes) is 1. The monoisotopic (exact) mass is 205 g/mol. The minimum Gasteiger partial charge on any atom is -0.387 e. The molecule has 0 amide bonds. The third kappa shape index (κ3) is 10.7. The average molecular weight is 205 g/mol. The van der Waals surface area contributed by atoms with Crippen molar-refractivity contribution >= 4 is 0 Å². The molecule has 1 N–H and O–H groups in total. The van der Waals surface area contributed by atoms with Crippen LogP contribution >= 0.6 is 0 Å². The standard InChI is InChI=1S/C14H23N/c1-5-6-7-8-9-10-11-12-14(4)15-13(2)3/h5-9,14-15H,1-2,10-12H2,3-4H3/b7-6-,9-8-. The summed E-state index contributed by atoms with van der Waals surface area (Å²) in [6.07, 6.45) is 13.5. The van der Waals surface area contributed by atoms with Crippen molar-refractivity contribution in [1.29, 1.82) is 0 Å². The molecule has 0 heterocycles. The lowest BCUT2D eigenvalue weighted by molar-refractivity contribution is 0.548. The van der Waals surface area contributed by atoms with Gasteiger partial charge in [-0.05, 0) is 33.1 Å². The molecular weight excluding hydrogens is 182 g/mol. The number of hydrogen-bond acceptors (Lipinski definition) is 1. The van der Waals surface area contributed by atoms with Crippen LogP contribution < -0.4 is 5.32 Å². The van der Waals surface area contributed by atoms with Gasteiger partial charge >= 0.3 is 0 Å². The van der Waals surface area contributed by atoms with E-state index >= 15 is 0 Å². The summed E-state index contributed by atoms with van der Waals surface area (Å²) in [5.41, 5.74) is 1.05. The van der Waals surface area contributed by atoms with Crippen LogP contribution in [0.25, 0.3) is 0 Å². The molecule has 1 atom stereocenters. The lowest BCUT2D eigenvalue weighted by atomic mass is 10.1. The van der Waals surface area contributed by atoms with E-state index in [9.17, 15) is 0 Å². The predicted octanol–water partition coefficient (Wildman–Crippen LogP) is 3.97. The van der Waals surface area contributed by atoms with E-state index in [1.807, 2.05) is 19.1 Å². The fourth-order valence-electron chi connectivity index (χ4n) is 1.35. The van der Waals surface area contributed by atoms with E-state index in [4.69, 9.17) is 0 Å². The van der Waals surface area contributed by atoms with Gasteiger partial charge in [-0.1, -0.05) is 43.5 Å². The Bertz CT molecular complexity index is 236. The van der Waals surface area contributed by atoms with Crippen LogP contribution in [0.2, 0.25) is 0 Å². The molecule has 0 aliphatic rings. The summed E-state index contributed by atoms with van der Waals surface area (Å²) >= 11 is 0. The van der Waals surface area contributed by atoms with Gasteiger partial charge in [-0.3, -0.25) is 0 Å². The van der Waals surface area contributed by atoms with E-state index in [1.165, 1.54) is 12.8 Å². The molecule has 84 valence electrons. The highest BCUT2D eigenvalue weighted by Crippen LogP contribution is 2.02. The maximum absolute atomic E-state index is 3.83. The molecule has 0 rings (SSSR count). The van der Waals surface area contributed by atoms with E-state index < -0.39 is 0 Å². The topological polar surface area (TPSA) is 12.0 Å². The summed E-state index contributed by atoms with van der Waals surface area (Å²) in [6.45, 7) is 11.6. The normalized spacial score (nSPS) is 13.2.